The summed E-state index contributed by atoms with van der Waals surface area (Å²) in [5, 5.41) is 7.69. The number of hydrogen-bond donors (Lipinski definition) is 1. The Hall–Kier alpha value is -1.12. The lowest BCUT2D eigenvalue weighted by atomic mass is 10.0. The van der Waals surface area contributed by atoms with Gasteiger partial charge in [0.05, 0.1) is 12.2 Å². The summed E-state index contributed by atoms with van der Waals surface area (Å²) in [6.07, 6.45) is 6.47. The summed E-state index contributed by atoms with van der Waals surface area (Å²) in [6, 6.07) is 0. The zero-order valence-corrected chi connectivity index (χ0v) is 5.67. The molecule has 3 nitrogen and oxygen atoms in total. The van der Waals surface area contributed by atoms with Gasteiger partial charge in [0, 0.05) is 0 Å². The van der Waals surface area contributed by atoms with Crippen LogP contribution >= 0.6 is 0 Å². The Morgan fingerprint density at radius 2 is 2.50 bits per heavy atom. The average molecular weight is 135 g/mol. The molecule has 0 atom stereocenters. The summed E-state index contributed by atoms with van der Waals surface area (Å²) in [5.74, 6) is 0. The highest BCUT2D eigenvalue weighted by Gasteiger charge is 2.09. The molecule has 0 amide bonds. The van der Waals surface area contributed by atoms with Gasteiger partial charge in [0.1, 0.15) is 0 Å². The van der Waals surface area contributed by atoms with Gasteiger partial charge in [-0.05, 0) is 24.5 Å². The van der Waals surface area contributed by atoms with Crippen molar-refractivity contribution in [3.05, 3.63) is 23.4 Å². The highest BCUT2D eigenvalue weighted by molar-refractivity contribution is 5.29. The second-order valence-corrected chi connectivity index (χ2v) is 2.46. The van der Waals surface area contributed by atoms with E-state index < -0.39 is 0 Å². The predicted octanol–water partition coefficient (Wildman–Crippen LogP) is 1.56. The molecule has 0 aromatic carbocycles. The zero-order valence-electron chi connectivity index (χ0n) is 5.67. The third-order valence-corrected chi connectivity index (χ3v) is 1.77. The van der Waals surface area contributed by atoms with E-state index in [-0.39, 0.29) is 0 Å². The summed E-state index contributed by atoms with van der Waals surface area (Å²) >= 11 is 0. The van der Waals surface area contributed by atoms with Gasteiger partial charge in [0.25, 0.3) is 0 Å². The fourth-order valence-electron chi connectivity index (χ4n) is 1.20. The Bertz CT molecular complexity index is 203. The minimum absolute atomic E-state index is 0.878. The molecular weight excluding hydrogens is 126 g/mol. The molecule has 0 unspecified atom stereocenters. The number of allylic oxidation sites excluding steroid dienone is 2. The van der Waals surface area contributed by atoms with E-state index in [0.717, 1.165) is 25.1 Å². The molecule has 10 heavy (non-hydrogen) atoms. The SMILES string of the molecule is C1=CC2=C(CC1)CNN=N2. The minimum atomic E-state index is 0.878. The topological polar surface area (TPSA) is 36.8 Å². The fraction of sp³-hybridized carbons (Fsp3) is 0.429. The molecule has 0 aromatic heterocycles. The van der Waals surface area contributed by atoms with Crippen LogP contribution in [0.2, 0.25) is 0 Å². The lowest BCUT2D eigenvalue weighted by Gasteiger charge is -2.14. The summed E-state index contributed by atoms with van der Waals surface area (Å²) in [5.41, 5.74) is 5.30. The van der Waals surface area contributed by atoms with Crippen molar-refractivity contribution >= 4 is 0 Å². The van der Waals surface area contributed by atoms with Crippen molar-refractivity contribution in [1.82, 2.24) is 5.43 Å². The monoisotopic (exact) mass is 135 g/mol. The fourth-order valence-corrected chi connectivity index (χ4v) is 1.20. The molecule has 1 aliphatic carbocycles. The van der Waals surface area contributed by atoms with Gasteiger partial charge >= 0.3 is 0 Å². The van der Waals surface area contributed by atoms with Crippen LogP contribution in [-0.2, 0) is 0 Å². The Morgan fingerprint density at radius 3 is 3.40 bits per heavy atom. The quantitative estimate of drug-likeness (QED) is 0.537. The zero-order chi connectivity index (χ0) is 6.81. The second kappa shape index (κ2) is 2.25. The highest BCUT2D eigenvalue weighted by atomic mass is 15.4. The molecule has 2 aliphatic rings. The van der Waals surface area contributed by atoms with Crippen LogP contribution in [0.1, 0.15) is 12.8 Å². The van der Waals surface area contributed by atoms with E-state index in [0.29, 0.717) is 0 Å². The maximum atomic E-state index is 3.96. The predicted molar refractivity (Wildman–Crippen MR) is 38.3 cm³/mol. The van der Waals surface area contributed by atoms with Gasteiger partial charge in [-0.15, -0.1) is 5.11 Å². The van der Waals surface area contributed by atoms with Gasteiger partial charge in [-0.2, -0.15) is 0 Å². The maximum absolute atomic E-state index is 3.96. The van der Waals surface area contributed by atoms with E-state index in [4.69, 9.17) is 0 Å². The van der Waals surface area contributed by atoms with Crippen LogP contribution in [0.5, 0.6) is 0 Å². The van der Waals surface area contributed by atoms with Gasteiger partial charge in [0.2, 0.25) is 0 Å². The molecule has 2 rings (SSSR count). The van der Waals surface area contributed by atoms with Gasteiger partial charge in [-0.3, -0.25) is 5.43 Å². The van der Waals surface area contributed by atoms with Gasteiger partial charge in [-0.25, -0.2) is 0 Å². The first-order chi connectivity index (χ1) is 4.97. The number of rotatable bonds is 0. The first-order valence-electron chi connectivity index (χ1n) is 3.49. The lowest BCUT2D eigenvalue weighted by Crippen LogP contribution is -2.15. The molecule has 0 saturated heterocycles. The van der Waals surface area contributed by atoms with Crippen molar-refractivity contribution in [1.29, 1.82) is 0 Å². The summed E-state index contributed by atoms with van der Waals surface area (Å²) in [7, 11) is 0. The van der Waals surface area contributed by atoms with Crippen LogP contribution in [0.15, 0.2) is 33.8 Å². The van der Waals surface area contributed by atoms with Crippen molar-refractivity contribution in [3.63, 3.8) is 0 Å². The molecule has 0 bridgehead atoms. The third-order valence-electron chi connectivity index (χ3n) is 1.77. The van der Waals surface area contributed by atoms with Gasteiger partial charge in [0.15, 0.2) is 0 Å². The van der Waals surface area contributed by atoms with Gasteiger partial charge in [-0.1, -0.05) is 11.3 Å². The molecule has 1 aliphatic heterocycles. The molecule has 1 heterocycles. The second-order valence-electron chi connectivity index (χ2n) is 2.46. The minimum Gasteiger partial charge on any atom is -0.287 e. The summed E-state index contributed by atoms with van der Waals surface area (Å²) in [4.78, 5) is 0. The van der Waals surface area contributed by atoms with E-state index in [1.807, 2.05) is 6.08 Å². The van der Waals surface area contributed by atoms with Crippen molar-refractivity contribution in [2.45, 2.75) is 12.8 Å². The first-order valence-corrected chi connectivity index (χ1v) is 3.49. The van der Waals surface area contributed by atoms with E-state index >= 15 is 0 Å². The molecule has 3 heteroatoms. The van der Waals surface area contributed by atoms with E-state index in [9.17, 15) is 0 Å². The van der Waals surface area contributed by atoms with E-state index in [1.54, 1.807) is 0 Å². The van der Waals surface area contributed by atoms with Crippen LogP contribution < -0.4 is 5.43 Å². The Morgan fingerprint density at radius 1 is 1.50 bits per heavy atom. The van der Waals surface area contributed by atoms with Crippen LogP contribution in [0.4, 0.5) is 0 Å². The average Bonchev–Trinajstić information content (AvgIpc) is 2.05. The molecule has 0 fully saturated rings. The van der Waals surface area contributed by atoms with Crippen molar-refractivity contribution in [2.24, 2.45) is 10.3 Å². The van der Waals surface area contributed by atoms with Crippen molar-refractivity contribution < 1.29 is 0 Å². The number of nitrogens with one attached hydrogen (secondary N) is 1. The largest absolute Gasteiger partial charge is 0.287 e. The molecule has 1 N–H and O–H groups in total. The summed E-state index contributed by atoms with van der Waals surface area (Å²) < 4.78 is 0. The van der Waals surface area contributed by atoms with Crippen LogP contribution in [0.25, 0.3) is 0 Å². The maximum Gasteiger partial charge on any atom is 0.0881 e. The molecule has 0 saturated carbocycles. The lowest BCUT2D eigenvalue weighted by molar-refractivity contribution is 0.670. The van der Waals surface area contributed by atoms with Crippen LogP contribution in [0, 0.1) is 0 Å². The molecule has 52 valence electrons. The molecular formula is C7H9N3. The summed E-state index contributed by atoms with van der Waals surface area (Å²) in [6.45, 7) is 0.878. The first kappa shape index (κ1) is 5.65. The smallest absolute Gasteiger partial charge is 0.0881 e. The Balaban J connectivity index is 2.32. The Kier molecular flexibility index (Phi) is 1.27. The van der Waals surface area contributed by atoms with E-state index in [1.165, 1.54) is 5.57 Å². The highest BCUT2D eigenvalue weighted by Crippen LogP contribution is 2.21. The van der Waals surface area contributed by atoms with Crippen molar-refractivity contribution in [2.75, 3.05) is 6.54 Å². The standard InChI is InChI=1S/C7H9N3/c1-2-4-7-6(3-1)5-8-10-9-7/h2,4H,1,3,5H2,(H,8,9). The molecule has 0 aromatic rings. The number of nitrogens with zero attached hydrogens (tertiary/aromatic N) is 2. The van der Waals surface area contributed by atoms with Crippen molar-refractivity contribution in [3.8, 4) is 0 Å². The number of hydrogen-bond acceptors (Lipinski definition) is 3. The van der Waals surface area contributed by atoms with E-state index in [2.05, 4.69) is 21.8 Å². The molecule has 0 radical (unpaired) electrons. The van der Waals surface area contributed by atoms with Crippen LogP contribution in [0.3, 0.4) is 0 Å². The third kappa shape index (κ3) is 0.835. The van der Waals surface area contributed by atoms with Gasteiger partial charge < -0.3 is 0 Å². The van der Waals surface area contributed by atoms with Crippen LogP contribution in [-0.4, -0.2) is 6.54 Å². The normalized spacial score (nSPS) is 22.4. The molecule has 0 spiro atoms. The Labute approximate surface area is 59.5 Å².